The minimum atomic E-state index is -1.83. The summed E-state index contributed by atoms with van der Waals surface area (Å²) >= 11 is 6.84. The SMILES string of the molecule is CC(C)(/C=C(/CC[PH](C)(C)c1ccccc1)C(CCl)[PH](C)(C)c1ccccc1)c1ccccc1. The van der Waals surface area contributed by atoms with Crippen molar-refractivity contribution >= 4 is 36.7 Å². The van der Waals surface area contributed by atoms with Gasteiger partial charge in [-0.3, -0.25) is 0 Å². The van der Waals surface area contributed by atoms with Crippen molar-refractivity contribution in [3.05, 3.63) is 108 Å². The zero-order chi connectivity index (χ0) is 24.8. The molecular weight excluding hydrogens is 470 g/mol. The number of benzene rings is 3. The Morgan fingerprint density at radius 1 is 0.765 bits per heavy atom. The molecule has 0 aliphatic rings. The Bertz CT molecular complexity index is 1050. The number of hydrogen-bond donors (Lipinski definition) is 0. The normalized spacial score (nSPS) is 15.1. The van der Waals surface area contributed by atoms with E-state index >= 15 is 0 Å². The molecule has 0 N–H and O–H groups in total. The van der Waals surface area contributed by atoms with Crippen LogP contribution >= 0.6 is 26.1 Å². The molecule has 0 aromatic heterocycles. The zero-order valence-corrected chi connectivity index (χ0v) is 24.6. The summed E-state index contributed by atoms with van der Waals surface area (Å²) < 4.78 is 0. The van der Waals surface area contributed by atoms with E-state index in [9.17, 15) is 0 Å². The first kappa shape index (κ1) is 27.1. The molecule has 0 saturated carbocycles. The summed E-state index contributed by atoms with van der Waals surface area (Å²) in [6, 6.07) is 33.2. The molecule has 0 nitrogen and oxygen atoms in total. The van der Waals surface area contributed by atoms with Gasteiger partial charge in [-0.25, -0.2) is 0 Å². The molecule has 184 valence electrons. The van der Waals surface area contributed by atoms with Crippen molar-refractivity contribution in [1.82, 2.24) is 0 Å². The summed E-state index contributed by atoms with van der Waals surface area (Å²) in [6.45, 7) is 14.7. The molecule has 0 fully saturated rings. The van der Waals surface area contributed by atoms with E-state index in [0.717, 1.165) is 6.42 Å². The quantitative estimate of drug-likeness (QED) is 0.149. The van der Waals surface area contributed by atoms with Crippen LogP contribution in [-0.4, -0.2) is 44.4 Å². The molecule has 3 heteroatoms. The Labute approximate surface area is 214 Å². The van der Waals surface area contributed by atoms with Crippen molar-refractivity contribution in [1.29, 1.82) is 0 Å². The second-order valence-electron chi connectivity index (χ2n) is 11.4. The molecule has 1 unspecified atom stereocenters. The van der Waals surface area contributed by atoms with E-state index < -0.39 is 14.5 Å². The molecule has 3 rings (SSSR count). The van der Waals surface area contributed by atoms with Gasteiger partial charge in [-0.2, -0.15) is 0 Å². The Kier molecular flexibility index (Phi) is 9.20. The molecule has 0 aliphatic carbocycles. The van der Waals surface area contributed by atoms with Gasteiger partial charge in [0.2, 0.25) is 0 Å². The first-order valence-corrected chi connectivity index (χ1v) is 19.3. The van der Waals surface area contributed by atoms with Gasteiger partial charge in [0.15, 0.2) is 0 Å². The minimum absolute atomic E-state index is 0.0412. The van der Waals surface area contributed by atoms with Gasteiger partial charge in [-0.15, -0.1) is 0 Å². The van der Waals surface area contributed by atoms with Crippen molar-refractivity contribution in [2.24, 2.45) is 0 Å². The number of allylic oxidation sites excluding steroid dienone is 2. The van der Waals surface area contributed by atoms with Crippen LogP contribution in [0.5, 0.6) is 0 Å². The molecule has 34 heavy (non-hydrogen) atoms. The fourth-order valence-corrected chi connectivity index (χ4v) is 11.7. The molecule has 0 radical (unpaired) electrons. The van der Waals surface area contributed by atoms with Gasteiger partial charge in [-0.1, -0.05) is 0 Å². The molecule has 0 bridgehead atoms. The van der Waals surface area contributed by atoms with E-state index in [2.05, 4.69) is 138 Å². The van der Waals surface area contributed by atoms with Crippen LogP contribution in [0.25, 0.3) is 0 Å². The third-order valence-electron chi connectivity index (χ3n) is 7.65. The van der Waals surface area contributed by atoms with Crippen LogP contribution in [0.3, 0.4) is 0 Å². The van der Waals surface area contributed by atoms with E-state index in [-0.39, 0.29) is 5.41 Å². The van der Waals surface area contributed by atoms with Crippen molar-refractivity contribution in [3.8, 4) is 0 Å². The molecule has 0 saturated heterocycles. The van der Waals surface area contributed by atoms with E-state index in [1.54, 1.807) is 10.9 Å². The van der Waals surface area contributed by atoms with Crippen LogP contribution in [0.15, 0.2) is 103 Å². The second-order valence-corrected chi connectivity index (χ2v) is 21.2. The van der Waals surface area contributed by atoms with Gasteiger partial charge in [0.05, 0.1) is 0 Å². The average Bonchev–Trinajstić information content (AvgIpc) is 2.84. The van der Waals surface area contributed by atoms with Gasteiger partial charge in [-0.05, 0) is 0 Å². The maximum absolute atomic E-state index is 6.84. The van der Waals surface area contributed by atoms with Crippen molar-refractivity contribution in [3.63, 3.8) is 0 Å². The van der Waals surface area contributed by atoms with Crippen LogP contribution in [0.2, 0.25) is 0 Å². The first-order chi connectivity index (χ1) is 16.1. The fourth-order valence-electron chi connectivity index (χ4n) is 5.08. The van der Waals surface area contributed by atoms with E-state index in [1.807, 2.05) is 0 Å². The molecule has 0 spiro atoms. The Morgan fingerprint density at radius 2 is 1.24 bits per heavy atom. The summed E-state index contributed by atoms with van der Waals surface area (Å²) in [7, 11) is -3.40. The van der Waals surface area contributed by atoms with E-state index in [0.29, 0.717) is 11.5 Å². The van der Waals surface area contributed by atoms with Crippen LogP contribution < -0.4 is 10.6 Å². The maximum atomic E-state index is 6.84. The van der Waals surface area contributed by atoms with Gasteiger partial charge >= 0.3 is 215 Å². The standard InChI is InChI=1S/C31H43ClP2/c1-31(2,27-16-10-7-11-17-27)24-26(22-23-33(3,4)28-18-12-8-13-19-28)30(25-32)34(5,6)29-20-14-9-15-21-29/h7-21,24,30,33-34H,22-23,25H2,1-6H3/b26-24-. The zero-order valence-electron chi connectivity index (χ0n) is 21.8. The number of halogens is 1. The van der Waals surface area contributed by atoms with Crippen LogP contribution in [0.1, 0.15) is 25.8 Å². The Morgan fingerprint density at radius 3 is 1.74 bits per heavy atom. The number of hydrogen-bond acceptors (Lipinski definition) is 0. The monoisotopic (exact) mass is 512 g/mol. The Hall–Kier alpha value is -1.45. The van der Waals surface area contributed by atoms with Gasteiger partial charge < -0.3 is 0 Å². The fraction of sp³-hybridized carbons (Fsp3) is 0.355. The predicted octanol–water partition coefficient (Wildman–Crippen LogP) is 7.56. The van der Waals surface area contributed by atoms with Gasteiger partial charge in [0.1, 0.15) is 0 Å². The molecular formula is C31H43ClP2. The topological polar surface area (TPSA) is 0 Å². The molecule has 0 heterocycles. The Balaban J connectivity index is 2.02. The summed E-state index contributed by atoms with van der Waals surface area (Å²) in [5, 5.41) is 3.03. The molecule has 3 aromatic carbocycles. The van der Waals surface area contributed by atoms with Crippen molar-refractivity contribution < 1.29 is 0 Å². The summed E-state index contributed by atoms with van der Waals surface area (Å²) in [6.07, 6.45) is 4.92. The third-order valence-corrected chi connectivity index (χ3v) is 15.8. The summed E-state index contributed by atoms with van der Waals surface area (Å²) in [4.78, 5) is 0. The van der Waals surface area contributed by atoms with Gasteiger partial charge in [0.25, 0.3) is 0 Å². The molecule has 3 aromatic rings. The van der Waals surface area contributed by atoms with Crippen LogP contribution in [0, 0.1) is 0 Å². The summed E-state index contributed by atoms with van der Waals surface area (Å²) in [5.74, 6) is 0.679. The predicted molar refractivity (Wildman–Crippen MR) is 164 cm³/mol. The van der Waals surface area contributed by atoms with E-state index in [1.165, 1.54) is 17.0 Å². The van der Waals surface area contributed by atoms with Crippen molar-refractivity contribution in [2.75, 3.05) is 38.7 Å². The van der Waals surface area contributed by atoms with Gasteiger partial charge in [0, 0.05) is 0 Å². The van der Waals surface area contributed by atoms with Crippen molar-refractivity contribution in [2.45, 2.75) is 31.3 Å². The van der Waals surface area contributed by atoms with Crippen LogP contribution in [0.4, 0.5) is 0 Å². The number of rotatable bonds is 10. The average molecular weight is 513 g/mol. The third kappa shape index (κ3) is 6.61. The molecule has 0 amide bonds. The second kappa shape index (κ2) is 11.5. The van der Waals surface area contributed by atoms with Crippen LogP contribution in [-0.2, 0) is 5.41 Å². The van der Waals surface area contributed by atoms with E-state index in [4.69, 9.17) is 11.6 Å². The molecule has 1 atom stereocenters. The number of alkyl halides is 1. The summed E-state index contributed by atoms with van der Waals surface area (Å²) in [5.41, 5.74) is 3.28. The molecule has 0 aliphatic heterocycles. The first-order valence-electron chi connectivity index (χ1n) is 12.5.